The summed E-state index contributed by atoms with van der Waals surface area (Å²) in [7, 11) is 2.11. The summed E-state index contributed by atoms with van der Waals surface area (Å²) in [6.45, 7) is 2.01. The van der Waals surface area contributed by atoms with Crippen LogP contribution in [0.15, 0.2) is 24.3 Å². The van der Waals surface area contributed by atoms with Gasteiger partial charge in [0.15, 0.2) is 0 Å². The maximum Gasteiger partial charge on any atom is 0.0553 e. The Morgan fingerprint density at radius 1 is 1.40 bits per heavy atom. The average Bonchev–Trinajstić information content (AvgIpc) is 2.17. The number of halogens is 1. The van der Waals surface area contributed by atoms with Crippen molar-refractivity contribution >= 4 is 11.6 Å². The second-order valence-electron chi connectivity index (χ2n) is 4.48. The van der Waals surface area contributed by atoms with Crippen molar-refractivity contribution in [2.24, 2.45) is 5.73 Å². The minimum Gasteiger partial charge on any atom is -0.320 e. The molecular formula is C12H17ClN2. The molecule has 2 nitrogen and oxygen atoms in total. The summed E-state index contributed by atoms with van der Waals surface area (Å²) >= 11 is 6.20. The van der Waals surface area contributed by atoms with E-state index in [1.807, 2.05) is 24.3 Å². The van der Waals surface area contributed by atoms with Crippen molar-refractivity contribution in [1.82, 2.24) is 4.90 Å². The lowest BCUT2D eigenvalue weighted by atomic mass is 9.83. The fourth-order valence-corrected chi connectivity index (χ4v) is 2.71. The summed E-state index contributed by atoms with van der Waals surface area (Å²) in [5.41, 5.74) is 7.25. The molecule has 82 valence electrons. The first-order valence-corrected chi connectivity index (χ1v) is 5.72. The van der Waals surface area contributed by atoms with Gasteiger partial charge in [-0.3, -0.25) is 0 Å². The van der Waals surface area contributed by atoms with Gasteiger partial charge in [-0.25, -0.2) is 0 Å². The summed E-state index contributed by atoms with van der Waals surface area (Å²) < 4.78 is 0. The van der Waals surface area contributed by atoms with Gasteiger partial charge in [0, 0.05) is 11.6 Å². The van der Waals surface area contributed by atoms with E-state index in [4.69, 9.17) is 17.3 Å². The van der Waals surface area contributed by atoms with Crippen LogP contribution in [-0.4, -0.2) is 25.0 Å². The molecule has 0 bridgehead atoms. The highest BCUT2D eigenvalue weighted by atomic mass is 35.5. The number of hydrogen-bond acceptors (Lipinski definition) is 2. The number of benzene rings is 1. The molecule has 2 N–H and O–H groups in total. The molecule has 0 aromatic heterocycles. The molecule has 1 aromatic rings. The molecule has 0 saturated carbocycles. The predicted molar refractivity (Wildman–Crippen MR) is 64.0 cm³/mol. The third kappa shape index (κ3) is 2.17. The van der Waals surface area contributed by atoms with Crippen LogP contribution in [0.25, 0.3) is 0 Å². The van der Waals surface area contributed by atoms with E-state index >= 15 is 0 Å². The Labute approximate surface area is 96.0 Å². The van der Waals surface area contributed by atoms with Crippen LogP contribution in [0.2, 0.25) is 5.02 Å². The Kier molecular flexibility index (Phi) is 3.01. The van der Waals surface area contributed by atoms with Gasteiger partial charge in [0.2, 0.25) is 0 Å². The zero-order valence-electron chi connectivity index (χ0n) is 9.04. The molecule has 0 spiro atoms. The molecule has 1 saturated heterocycles. The van der Waals surface area contributed by atoms with E-state index in [0.29, 0.717) is 0 Å². The lowest BCUT2D eigenvalue weighted by molar-refractivity contribution is 0.179. The zero-order valence-corrected chi connectivity index (χ0v) is 9.80. The lowest BCUT2D eigenvalue weighted by Gasteiger charge is -2.39. The number of piperidine rings is 1. The molecule has 0 aliphatic carbocycles. The van der Waals surface area contributed by atoms with Crippen LogP contribution in [0.1, 0.15) is 18.4 Å². The second kappa shape index (κ2) is 4.12. The number of hydrogen-bond donors (Lipinski definition) is 1. The van der Waals surface area contributed by atoms with Crippen LogP contribution in [0.5, 0.6) is 0 Å². The highest BCUT2D eigenvalue weighted by Crippen LogP contribution is 2.32. The molecular weight excluding hydrogens is 208 g/mol. The van der Waals surface area contributed by atoms with E-state index in [-0.39, 0.29) is 5.54 Å². The molecule has 2 rings (SSSR count). The van der Waals surface area contributed by atoms with Crippen molar-refractivity contribution < 1.29 is 0 Å². The van der Waals surface area contributed by atoms with Crippen molar-refractivity contribution in [3.05, 3.63) is 34.9 Å². The molecule has 0 radical (unpaired) electrons. The van der Waals surface area contributed by atoms with E-state index in [1.54, 1.807) is 0 Å². The number of likely N-dealkylation sites (N-methyl/N-ethyl adjacent to an activating group) is 1. The smallest absolute Gasteiger partial charge is 0.0553 e. The highest BCUT2D eigenvalue weighted by Gasteiger charge is 2.33. The molecule has 15 heavy (non-hydrogen) atoms. The third-order valence-corrected chi connectivity index (χ3v) is 3.45. The van der Waals surface area contributed by atoms with Gasteiger partial charge >= 0.3 is 0 Å². The SMILES string of the molecule is CN1CCCC(N)(c2ccccc2Cl)C1. The summed E-state index contributed by atoms with van der Waals surface area (Å²) in [4.78, 5) is 2.27. The van der Waals surface area contributed by atoms with Gasteiger partial charge < -0.3 is 10.6 Å². The zero-order chi connectivity index (χ0) is 10.9. The maximum atomic E-state index is 6.45. The molecule has 1 fully saturated rings. The van der Waals surface area contributed by atoms with Gasteiger partial charge in [-0.15, -0.1) is 0 Å². The normalized spacial score (nSPS) is 27.9. The standard InChI is InChI=1S/C12H17ClN2/c1-15-8-4-7-12(14,9-15)10-5-2-3-6-11(10)13/h2-3,5-6H,4,7-9,14H2,1H3. The van der Waals surface area contributed by atoms with Gasteiger partial charge in [0.1, 0.15) is 0 Å². The lowest BCUT2D eigenvalue weighted by Crippen LogP contribution is -2.50. The summed E-state index contributed by atoms with van der Waals surface area (Å²) in [6.07, 6.45) is 2.15. The van der Waals surface area contributed by atoms with Crippen molar-refractivity contribution in [2.45, 2.75) is 18.4 Å². The summed E-state index contributed by atoms with van der Waals surface area (Å²) in [6, 6.07) is 7.91. The van der Waals surface area contributed by atoms with Crippen LogP contribution in [0.3, 0.4) is 0 Å². The Balaban J connectivity index is 2.32. The highest BCUT2D eigenvalue weighted by molar-refractivity contribution is 6.31. The molecule has 1 unspecified atom stereocenters. The van der Waals surface area contributed by atoms with E-state index in [0.717, 1.165) is 36.5 Å². The van der Waals surface area contributed by atoms with Crippen molar-refractivity contribution in [3.63, 3.8) is 0 Å². The minimum absolute atomic E-state index is 0.272. The number of nitrogens with zero attached hydrogens (tertiary/aromatic N) is 1. The molecule has 3 heteroatoms. The Hall–Kier alpha value is -0.570. The minimum atomic E-state index is -0.272. The summed E-state index contributed by atoms with van der Waals surface area (Å²) in [5.74, 6) is 0. The van der Waals surface area contributed by atoms with Gasteiger partial charge in [-0.2, -0.15) is 0 Å². The molecule has 1 aliphatic rings. The Bertz CT molecular complexity index is 353. The van der Waals surface area contributed by atoms with Crippen molar-refractivity contribution in [2.75, 3.05) is 20.1 Å². The van der Waals surface area contributed by atoms with E-state index in [2.05, 4.69) is 11.9 Å². The maximum absolute atomic E-state index is 6.45. The van der Waals surface area contributed by atoms with Crippen LogP contribution in [-0.2, 0) is 5.54 Å². The monoisotopic (exact) mass is 224 g/mol. The van der Waals surface area contributed by atoms with Crippen molar-refractivity contribution in [3.8, 4) is 0 Å². The van der Waals surface area contributed by atoms with Gasteiger partial charge in [0.25, 0.3) is 0 Å². The number of nitrogens with two attached hydrogens (primary N) is 1. The predicted octanol–water partition coefficient (Wildman–Crippen LogP) is 2.22. The Morgan fingerprint density at radius 3 is 2.80 bits per heavy atom. The average molecular weight is 225 g/mol. The second-order valence-corrected chi connectivity index (χ2v) is 4.88. The van der Waals surface area contributed by atoms with E-state index in [9.17, 15) is 0 Å². The fraction of sp³-hybridized carbons (Fsp3) is 0.500. The first-order valence-electron chi connectivity index (χ1n) is 5.34. The molecule has 0 amide bonds. The third-order valence-electron chi connectivity index (χ3n) is 3.13. The molecule has 1 atom stereocenters. The topological polar surface area (TPSA) is 29.3 Å². The first kappa shape index (κ1) is 10.9. The largest absolute Gasteiger partial charge is 0.320 e. The van der Waals surface area contributed by atoms with Crippen LogP contribution < -0.4 is 5.73 Å². The number of likely N-dealkylation sites (tertiary alicyclic amines) is 1. The molecule has 1 aromatic carbocycles. The quantitative estimate of drug-likeness (QED) is 0.793. The van der Waals surface area contributed by atoms with E-state index in [1.165, 1.54) is 0 Å². The molecule has 1 heterocycles. The summed E-state index contributed by atoms with van der Waals surface area (Å²) in [5, 5.41) is 0.787. The van der Waals surface area contributed by atoms with Crippen LogP contribution in [0, 0.1) is 0 Å². The van der Waals surface area contributed by atoms with Gasteiger partial charge in [-0.05, 0) is 38.1 Å². The fourth-order valence-electron chi connectivity index (χ4n) is 2.39. The van der Waals surface area contributed by atoms with Crippen molar-refractivity contribution in [1.29, 1.82) is 0 Å². The number of rotatable bonds is 1. The van der Waals surface area contributed by atoms with Crippen LogP contribution in [0.4, 0.5) is 0 Å². The first-order chi connectivity index (χ1) is 7.12. The molecule has 1 aliphatic heterocycles. The van der Waals surface area contributed by atoms with Gasteiger partial charge in [-0.1, -0.05) is 29.8 Å². The van der Waals surface area contributed by atoms with Gasteiger partial charge in [0.05, 0.1) is 5.54 Å². The Morgan fingerprint density at radius 2 is 2.13 bits per heavy atom. The van der Waals surface area contributed by atoms with Crippen LogP contribution >= 0.6 is 11.6 Å². The van der Waals surface area contributed by atoms with E-state index < -0.39 is 0 Å².